The van der Waals surface area contributed by atoms with Crippen LogP contribution in [-0.2, 0) is 4.79 Å². The van der Waals surface area contributed by atoms with Crippen LogP contribution < -0.4 is 5.32 Å². The van der Waals surface area contributed by atoms with E-state index in [1.165, 1.54) is 44.9 Å². The lowest BCUT2D eigenvalue weighted by molar-refractivity contribution is -0.124. The predicted molar refractivity (Wildman–Crippen MR) is 90.1 cm³/mol. The third kappa shape index (κ3) is 7.01. The molecule has 1 aliphatic rings. The van der Waals surface area contributed by atoms with Crippen LogP contribution in [0.5, 0.6) is 0 Å². The van der Waals surface area contributed by atoms with Gasteiger partial charge in [-0.3, -0.25) is 4.79 Å². The van der Waals surface area contributed by atoms with E-state index in [0.29, 0.717) is 0 Å². The van der Waals surface area contributed by atoms with E-state index in [1.807, 2.05) is 0 Å². The highest BCUT2D eigenvalue weighted by Gasteiger charge is 2.29. The number of carbonyl (C=O) groups is 1. The van der Waals surface area contributed by atoms with Crippen molar-refractivity contribution in [1.82, 2.24) is 10.2 Å². The Balaban J connectivity index is 2.18. The molecule has 0 radical (unpaired) electrons. The van der Waals surface area contributed by atoms with Crippen molar-refractivity contribution in [2.75, 3.05) is 19.6 Å². The summed E-state index contributed by atoms with van der Waals surface area (Å²) in [7, 11) is 0. The molecule has 1 heterocycles. The summed E-state index contributed by atoms with van der Waals surface area (Å²) in [6.45, 7) is 11.3. The molecule has 3 nitrogen and oxygen atoms in total. The Bertz CT molecular complexity index is 314. The van der Waals surface area contributed by atoms with E-state index < -0.39 is 0 Å². The third-order valence-corrected chi connectivity index (χ3v) is 4.35. The maximum atomic E-state index is 12.1. The van der Waals surface area contributed by atoms with Crippen LogP contribution in [0, 0.1) is 5.92 Å². The molecule has 21 heavy (non-hydrogen) atoms. The van der Waals surface area contributed by atoms with Crippen LogP contribution in [-0.4, -0.2) is 30.4 Å². The topological polar surface area (TPSA) is 32.3 Å². The monoisotopic (exact) mass is 294 g/mol. The third-order valence-electron chi connectivity index (χ3n) is 4.35. The average Bonchev–Trinajstić information content (AvgIpc) is 2.85. The fourth-order valence-electron chi connectivity index (χ4n) is 2.94. The summed E-state index contributed by atoms with van der Waals surface area (Å²) >= 11 is 0. The zero-order valence-corrected chi connectivity index (χ0v) is 14.1. The number of nitrogens with zero attached hydrogens (tertiary/aromatic N) is 1. The first kappa shape index (κ1) is 18.1. The number of likely N-dealkylation sites (tertiary alicyclic amines) is 1. The quantitative estimate of drug-likeness (QED) is 0.582. The van der Waals surface area contributed by atoms with Crippen LogP contribution in [0.15, 0.2) is 12.3 Å². The van der Waals surface area contributed by atoms with Crippen LogP contribution in [0.4, 0.5) is 0 Å². The van der Waals surface area contributed by atoms with Gasteiger partial charge in [0.1, 0.15) is 0 Å². The van der Waals surface area contributed by atoms with Crippen LogP contribution >= 0.6 is 0 Å². The molecule has 0 aromatic heterocycles. The normalized spacial score (nSPS) is 18.3. The van der Waals surface area contributed by atoms with Gasteiger partial charge in [-0.05, 0) is 19.3 Å². The van der Waals surface area contributed by atoms with Crippen LogP contribution in [0.3, 0.4) is 0 Å². The van der Waals surface area contributed by atoms with Gasteiger partial charge in [0.2, 0.25) is 5.91 Å². The SMILES string of the molecule is C=C1CC(C(=O)NCCCCC)CN1CCCCCCC. The highest BCUT2D eigenvalue weighted by Crippen LogP contribution is 2.25. The van der Waals surface area contributed by atoms with Crippen molar-refractivity contribution in [2.45, 2.75) is 71.6 Å². The second kappa shape index (κ2) is 10.7. The first-order chi connectivity index (χ1) is 10.2. The molecule has 0 aromatic carbocycles. The van der Waals surface area contributed by atoms with Crippen molar-refractivity contribution < 1.29 is 4.79 Å². The number of hydrogen-bond donors (Lipinski definition) is 1. The number of allylic oxidation sites excluding steroid dienone is 1. The van der Waals surface area contributed by atoms with Crippen molar-refractivity contribution in [2.24, 2.45) is 5.92 Å². The Morgan fingerprint density at radius 3 is 2.52 bits per heavy atom. The molecule has 0 bridgehead atoms. The number of unbranched alkanes of at least 4 members (excludes halogenated alkanes) is 6. The van der Waals surface area contributed by atoms with Crippen molar-refractivity contribution in [1.29, 1.82) is 0 Å². The summed E-state index contributed by atoms with van der Waals surface area (Å²) in [6.07, 6.45) is 10.8. The Morgan fingerprint density at radius 1 is 1.14 bits per heavy atom. The lowest BCUT2D eigenvalue weighted by atomic mass is 10.1. The first-order valence-electron chi connectivity index (χ1n) is 8.89. The molecule has 122 valence electrons. The second-order valence-corrected chi connectivity index (χ2v) is 6.33. The van der Waals surface area contributed by atoms with E-state index in [0.717, 1.165) is 38.2 Å². The molecular weight excluding hydrogens is 260 g/mol. The van der Waals surface area contributed by atoms with E-state index in [2.05, 4.69) is 30.6 Å². The molecule has 1 amide bonds. The zero-order chi connectivity index (χ0) is 15.5. The summed E-state index contributed by atoms with van der Waals surface area (Å²) in [5, 5.41) is 3.08. The highest BCUT2D eigenvalue weighted by atomic mass is 16.1. The molecule has 0 aliphatic carbocycles. The van der Waals surface area contributed by atoms with Crippen molar-refractivity contribution >= 4 is 5.91 Å². The van der Waals surface area contributed by atoms with Crippen molar-refractivity contribution in [3.8, 4) is 0 Å². The molecule has 0 saturated carbocycles. The van der Waals surface area contributed by atoms with Crippen LogP contribution in [0.25, 0.3) is 0 Å². The van der Waals surface area contributed by atoms with E-state index in [1.54, 1.807) is 0 Å². The van der Waals surface area contributed by atoms with Gasteiger partial charge in [-0.15, -0.1) is 0 Å². The van der Waals surface area contributed by atoms with Gasteiger partial charge in [0, 0.05) is 25.3 Å². The molecule has 1 fully saturated rings. The largest absolute Gasteiger partial charge is 0.374 e. The van der Waals surface area contributed by atoms with Gasteiger partial charge in [0.05, 0.1) is 5.92 Å². The van der Waals surface area contributed by atoms with Crippen molar-refractivity contribution in [3.63, 3.8) is 0 Å². The molecule has 1 aliphatic heterocycles. The fourth-order valence-corrected chi connectivity index (χ4v) is 2.94. The number of hydrogen-bond acceptors (Lipinski definition) is 2. The lowest BCUT2D eigenvalue weighted by Gasteiger charge is -2.19. The van der Waals surface area contributed by atoms with E-state index >= 15 is 0 Å². The molecule has 3 heteroatoms. The van der Waals surface area contributed by atoms with E-state index in [4.69, 9.17) is 0 Å². The van der Waals surface area contributed by atoms with Crippen LogP contribution in [0.1, 0.15) is 71.6 Å². The Morgan fingerprint density at radius 2 is 1.81 bits per heavy atom. The summed E-state index contributed by atoms with van der Waals surface area (Å²) in [6, 6.07) is 0. The highest BCUT2D eigenvalue weighted by molar-refractivity contribution is 5.79. The summed E-state index contributed by atoms with van der Waals surface area (Å²) < 4.78 is 0. The van der Waals surface area contributed by atoms with Gasteiger partial charge >= 0.3 is 0 Å². The van der Waals surface area contributed by atoms with Gasteiger partial charge in [-0.1, -0.05) is 59.0 Å². The van der Waals surface area contributed by atoms with Crippen molar-refractivity contribution in [3.05, 3.63) is 12.3 Å². The molecule has 1 saturated heterocycles. The minimum atomic E-state index is 0.120. The minimum absolute atomic E-state index is 0.120. The van der Waals surface area contributed by atoms with Gasteiger partial charge in [0.15, 0.2) is 0 Å². The number of carbonyl (C=O) groups excluding carboxylic acids is 1. The maximum Gasteiger partial charge on any atom is 0.225 e. The lowest BCUT2D eigenvalue weighted by Crippen LogP contribution is -2.33. The summed E-state index contributed by atoms with van der Waals surface area (Å²) in [5.41, 5.74) is 1.15. The Hall–Kier alpha value is -0.990. The zero-order valence-electron chi connectivity index (χ0n) is 14.1. The molecule has 1 atom stereocenters. The summed E-state index contributed by atoms with van der Waals surface area (Å²) in [4.78, 5) is 14.5. The standard InChI is InChI=1S/C18H34N2O/c1-4-6-8-9-11-13-20-15-17(14-16(20)3)18(21)19-12-10-7-5-2/h17H,3-15H2,1-2H3,(H,19,21). The molecule has 1 N–H and O–H groups in total. The average molecular weight is 294 g/mol. The minimum Gasteiger partial charge on any atom is -0.374 e. The smallest absolute Gasteiger partial charge is 0.225 e. The van der Waals surface area contributed by atoms with Crippen LogP contribution in [0.2, 0.25) is 0 Å². The molecular formula is C18H34N2O. The Labute approximate surface area is 131 Å². The second-order valence-electron chi connectivity index (χ2n) is 6.33. The fraction of sp³-hybridized carbons (Fsp3) is 0.833. The van der Waals surface area contributed by atoms with Gasteiger partial charge < -0.3 is 10.2 Å². The molecule has 1 rings (SSSR count). The maximum absolute atomic E-state index is 12.1. The number of nitrogens with one attached hydrogen (secondary N) is 1. The number of rotatable bonds is 11. The van der Waals surface area contributed by atoms with E-state index in [-0.39, 0.29) is 11.8 Å². The first-order valence-corrected chi connectivity index (χ1v) is 8.89. The van der Waals surface area contributed by atoms with Gasteiger partial charge in [-0.25, -0.2) is 0 Å². The molecule has 0 spiro atoms. The Kier molecular flexibility index (Phi) is 9.20. The predicted octanol–water partition coefficient (Wildman–Crippen LogP) is 4.10. The van der Waals surface area contributed by atoms with Gasteiger partial charge in [-0.2, -0.15) is 0 Å². The summed E-state index contributed by atoms with van der Waals surface area (Å²) in [5.74, 6) is 0.343. The van der Waals surface area contributed by atoms with E-state index in [9.17, 15) is 4.79 Å². The van der Waals surface area contributed by atoms with Gasteiger partial charge in [0.25, 0.3) is 0 Å². The molecule has 0 aromatic rings. The number of amides is 1. The molecule has 1 unspecified atom stereocenters.